The van der Waals surface area contributed by atoms with Gasteiger partial charge in [-0.2, -0.15) is 0 Å². The molecule has 2 rings (SSSR count). The summed E-state index contributed by atoms with van der Waals surface area (Å²) in [6.07, 6.45) is 0. The van der Waals surface area contributed by atoms with Crippen LogP contribution in [0.4, 0.5) is 8.78 Å². The van der Waals surface area contributed by atoms with E-state index in [1.54, 1.807) is 0 Å². The van der Waals surface area contributed by atoms with Gasteiger partial charge in [0, 0.05) is 12.1 Å². The van der Waals surface area contributed by atoms with Crippen LogP contribution in [0.2, 0.25) is 0 Å². The Balaban J connectivity index is 2.16. The van der Waals surface area contributed by atoms with E-state index in [1.807, 2.05) is 32.0 Å². The average molecular weight is 291 g/mol. The molecule has 2 aromatic rings. The maximum absolute atomic E-state index is 13.6. The third kappa shape index (κ3) is 4.02. The van der Waals surface area contributed by atoms with Crippen LogP contribution in [0.5, 0.6) is 5.75 Å². The van der Waals surface area contributed by atoms with Gasteiger partial charge >= 0.3 is 0 Å². The molecule has 0 atom stereocenters. The van der Waals surface area contributed by atoms with Gasteiger partial charge in [-0.1, -0.05) is 30.7 Å². The summed E-state index contributed by atoms with van der Waals surface area (Å²) < 4.78 is 32.8. The Labute approximate surface area is 123 Å². The van der Waals surface area contributed by atoms with Gasteiger partial charge in [-0.15, -0.1) is 0 Å². The second-order valence-corrected chi connectivity index (χ2v) is 4.88. The van der Waals surface area contributed by atoms with Crippen molar-refractivity contribution in [3.8, 4) is 5.75 Å². The highest BCUT2D eigenvalue weighted by Gasteiger charge is 2.10. The molecule has 0 aliphatic rings. The van der Waals surface area contributed by atoms with Crippen LogP contribution >= 0.6 is 0 Å². The summed E-state index contributed by atoms with van der Waals surface area (Å²) in [6, 6.07) is 9.57. The van der Waals surface area contributed by atoms with E-state index in [9.17, 15) is 8.78 Å². The molecule has 0 heterocycles. The van der Waals surface area contributed by atoms with Crippen LogP contribution in [0.15, 0.2) is 36.4 Å². The van der Waals surface area contributed by atoms with Crippen molar-refractivity contribution in [2.24, 2.45) is 0 Å². The molecular formula is C17H19F2NO. The lowest BCUT2D eigenvalue weighted by atomic mass is 10.1. The fraction of sp³-hybridized carbons (Fsp3) is 0.294. The minimum absolute atomic E-state index is 0.0486. The molecule has 1 N–H and O–H groups in total. The first-order valence-electron chi connectivity index (χ1n) is 6.97. The van der Waals surface area contributed by atoms with Crippen LogP contribution in [0.25, 0.3) is 0 Å². The van der Waals surface area contributed by atoms with Gasteiger partial charge in [0.25, 0.3) is 0 Å². The molecule has 4 heteroatoms. The lowest BCUT2D eigenvalue weighted by molar-refractivity contribution is 0.289. The molecule has 0 unspecified atom stereocenters. The van der Waals surface area contributed by atoms with Crippen molar-refractivity contribution >= 4 is 0 Å². The van der Waals surface area contributed by atoms with Gasteiger partial charge in [0.05, 0.1) is 5.56 Å². The Morgan fingerprint density at radius 3 is 2.48 bits per heavy atom. The summed E-state index contributed by atoms with van der Waals surface area (Å²) in [6.45, 7) is 5.39. The molecule has 0 fully saturated rings. The summed E-state index contributed by atoms with van der Waals surface area (Å²) in [5.74, 6) is -0.533. The topological polar surface area (TPSA) is 21.3 Å². The molecule has 0 spiro atoms. The van der Waals surface area contributed by atoms with E-state index in [0.29, 0.717) is 12.3 Å². The lowest BCUT2D eigenvalue weighted by Crippen LogP contribution is -2.13. The van der Waals surface area contributed by atoms with E-state index in [4.69, 9.17) is 4.74 Å². The molecule has 2 aromatic carbocycles. The summed E-state index contributed by atoms with van der Waals surface area (Å²) >= 11 is 0. The minimum Gasteiger partial charge on any atom is -0.488 e. The predicted molar refractivity (Wildman–Crippen MR) is 79.2 cm³/mol. The molecule has 2 nitrogen and oxygen atoms in total. The van der Waals surface area contributed by atoms with E-state index < -0.39 is 11.6 Å². The second-order valence-electron chi connectivity index (χ2n) is 4.88. The smallest absolute Gasteiger partial charge is 0.132 e. The van der Waals surface area contributed by atoms with Crippen molar-refractivity contribution in [3.63, 3.8) is 0 Å². The molecule has 0 saturated carbocycles. The van der Waals surface area contributed by atoms with Crippen molar-refractivity contribution in [3.05, 3.63) is 64.7 Å². The molecule has 0 radical (unpaired) electrons. The predicted octanol–water partition coefficient (Wildman–Crippen LogP) is 3.96. The monoisotopic (exact) mass is 291 g/mol. The largest absolute Gasteiger partial charge is 0.488 e. The van der Waals surface area contributed by atoms with Gasteiger partial charge < -0.3 is 10.1 Å². The number of hydrogen-bond acceptors (Lipinski definition) is 2. The zero-order valence-electron chi connectivity index (χ0n) is 12.2. The molecule has 21 heavy (non-hydrogen) atoms. The van der Waals surface area contributed by atoms with Gasteiger partial charge in [-0.05, 0) is 31.7 Å². The van der Waals surface area contributed by atoms with Gasteiger partial charge in [-0.25, -0.2) is 8.78 Å². The molecule has 0 aliphatic carbocycles. The SMILES string of the molecule is CCNCc1cc(C)ccc1OCc1c(F)cccc1F. The number of benzene rings is 2. The first-order chi connectivity index (χ1) is 10.1. The zero-order chi connectivity index (χ0) is 15.2. The van der Waals surface area contributed by atoms with E-state index >= 15 is 0 Å². The normalized spacial score (nSPS) is 10.7. The van der Waals surface area contributed by atoms with Crippen LogP contribution in [-0.4, -0.2) is 6.54 Å². The molecular weight excluding hydrogens is 272 g/mol. The lowest BCUT2D eigenvalue weighted by Gasteiger charge is -2.13. The fourth-order valence-electron chi connectivity index (χ4n) is 2.07. The van der Waals surface area contributed by atoms with E-state index in [0.717, 1.165) is 17.7 Å². The van der Waals surface area contributed by atoms with Gasteiger partial charge in [0.15, 0.2) is 0 Å². The Kier molecular flexibility index (Phi) is 5.28. The number of rotatable bonds is 6. The Hall–Kier alpha value is -1.94. The van der Waals surface area contributed by atoms with Gasteiger partial charge in [0.2, 0.25) is 0 Å². The summed E-state index contributed by atoms with van der Waals surface area (Å²) in [7, 11) is 0. The number of ether oxygens (including phenoxy) is 1. The quantitative estimate of drug-likeness (QED) is 0.869. The number of aryl methyl sites for hydroxylation is 1. The number of nitrogens with one attached hydrogen (secondary N) is 1. The molecule has 0 saturated heterocycles. The molecule has 0 bridgehead atoms. The van der Waals surface area contributed by atoms with Crippen LogP contribution in [0.3, 0.4) is 0 Å². The maximum atomic E-state index is 13.6. The first kappa shape index (κ1) is 15.4. The van der Waals surface area contributed by atoms with E-state index in [1.165, 1.54) is 18.2 Å². The summed E-state index contributed by atoms with van der Waals surface area (Å²) in [5, 5.41) is 3.22. The standard InChI is InChI=1S/C17H19F2NO/c1-3-20-10-13-9-12(2)7-8-17(13)21-11-14-15(18)5-4-6-16(14)19/h4-9,20H,3,10-11H2,1-2H3. The van der Waals surface area contributed by atoms with Gasteiger partial charge in [0.1, 0.15) is 24.0 Å². The first-order valence-corrected chi connectivity index (χ1v) is 6.97. The maximum Gasteiger partial charge on any atom is 0.132 e. The molecule has 112 valence electrons. The molecule has 0 aromatic heterocycles. The average Bonchev–Trinajstić information content (AvgIpc) is 2.46. The van der Waals surface area contributed by atoms with Crippen molar-refractivity contribution < 1.29 is 13.5 Å². The summed E-state index contributed by atoms with van der Waals surface area (Å²) in [5.41, 5.74) is 2.05. The fourth-order valence-corrected chi connectivity index (χ4v) is 2.07. The third-order valence-corrected chi connectivity index (χ3v) is 3.22. The highest BCUT2D eigenvalue weighted by atomic mass is 19.1. The minimum atomic E-state index is -0.588. The van der Waals surface area contributed by atoms with Crippen molar-refractivity contribution in [2.75, 3.05) is 6.54 Å². The van der Waals surface area contributed by atoms with Crippen LogP contribution in [0, 0.1) is 18.6 Å². The Morgan fingerprint density at radius 1 is 1.10 bits per heavy atom. The van der Waals surface area contributed by atoms with E-state index in [2.05, 4.69) is 5.32 Å². The molecule has 0 aliphatic heterocycles. The van der Waals surface area contributed by atoms with Crippen LogP contribution in [0.1, 0.15) is 23.6 Å². The molecule has 0 amide bonds. The van der Waals surface area contributed by atoms with Crippen molar-refractivity contribution in [1.82, 2.24) is 5.32 Å². The second kappa shape index (κ2) is 7.18. The van der Waals surface area contributed by atoms with Crippen LogP contribution < -0.4 is 10.1 Å². The Morgan fingerprint density at radius 2 is 1.81 bits per heavy atom. The van der Waals surface area contributed by atoms with Crippen molar-refractivity contribution in [1.29, 1.82) is 0 Å². The zero-order valence-corrected chi connectivity index (χ0v) is 12.2. The Bertz CT molecular complexity index is 593. The highest BCUT2D eigenvalue weighted by molar-refractivity contribution is 5.37. The number of hydrogen-bond donors (Lipinski definition) is 1. The van der Waals surface area contributed by atoms with Crippen molar-refractivity contribution in [2.45, 2.75) is 27.0 Å². The highest BCUT2D eigenvalue weighted by Crippen LogP contribution is 2.22. The van der Waals surface area contributed by atoms with Crippen LogP contribution in [-0.2, 0) is 13.2 Å². The van der Waals surface area contributed by atoms with E-state index in [-0.39, 0.29) is 12.2 Å². The summed E-state index contributed by atoms with van der Waals surface area (Å²) in [4.78, 5) is 0. The van der Waals surface area contributed by atoms with Gasteiger partial charge in [-0.3, -0.25) is 0 Å². The third-order valence-electron chi connectivity index (χ3n) is 3.22. The number of halogens is 2.